The number of imidazole rings is 1. The van der Waals surface area contributed by atoms with Gasteiger partial charge in [0.2, 0.25) is 0 Å². The number of aryl methyl sites for hydroxylation is 1. The third-order valence-corrected chi connectivity index (χ3v) is 6.03. The van der Waals surface area contributed by atoms with Crippen LogP contribution in [0.25, 0.3) is 11.0 Å². The maximum absolute atomic E-state index is 6.02. The molecule has 1 aliphatic rings. The predicted octanol–water partition coefficient (Wildman–Crippen LogP) is 4.17. The second-order valence-corrected chi connectivity index (χ2v) is 8.06. The Hall–Kier alpha value is -3.02. The van der Waals surface area contributed by atoms with Gasteiger partial charge in [-0.3, -0.25) is 4.98 Å². The third-order valence-electron chi connectivity index (χ3n) is 6.03. The number of nitrogens with one attached hydrogen (secondary N) is 2. The molecule has 5 rings (SSSR count). The minimum absolute atomic E-state index is 0.322. The molecule has 0 fully saturated rings. The van der Waals surface area contributed by atoms with Gasteiger partial charge < -0.3 is 16.0 Å². The number of H-pyrrole nitrogens is 1. The van der Waals surface area contributed by atoms with Crippen LogP contribution in [0.2, 0.25) is 0 Å². The van der Waals surface area contributed by atoms with Crippen molar-refractivity contribution in [3.63, 3.8) is 0 Å². The first-order chi connectivity index (χ1) is 14.8. The quantitative estimate of drug-likeness (QED) is 0.456. The molecule has 2 aromatic carbocycles. The Kier molecular flexibility index (Phi) is 5.30. The fourth-order valence-corrected chi connectivity index (χ4v) is 4.47. The molecule has 0 saturated carbocycles. The number of aromatic nitrogens is 3. The number of fused-ring (bicyclic) bond motifs is 2. The molecule has 4 aromatic rings. The van der Waals surface area contributed by atoms with Crippen LogP contribution >= 0.6 is 0 Å². The van der Waals surface area contributed by atoms with Crippen LogP contribution in [0, 0.1) is 0 Å². The minimum Gasteiger partial charge on any atom is -0.342 e. The van der Waals surface area contributed by atoms with Gasteiger partial charge in [0.15, 0.2) is 0 Å². The zero-order valence-corrected chi connectivity index (χ0v) is 17.1. The van der Waals surface area contributed by atoms with Crippen LogP contribution in [0.3, 0.4) is 0 Å². The molecule has 0 bridgehead atoms. The number of hydrogen-bond donors (Lipinski definition) is 3. The Morgan fingerprint density at radius 3 is 2.90 bits per heavy atom. The van der Waals surface area contributed by atoms with Gasteiger partial charge in [0.05, 0.1) is 22.8 Å². The van der Waals surface area contributed by atoms with Gasteiger partial charge in [-0.05, 0) is 59.7 Å². The number of hydrogen-bond acceptors (Lipinski definition) is 4. The van der Waals surface area contributed by atoms with E-state index >= 15 is 0 Å². The average molecular weight is 398 g/mol. The van der Waals surface area contributed by atoms with Crippen LogP contribution in [0.15, 0.2) is 60.8 Å². The smallest absolute Gasteiger partial charge is 0.111 e. The lowest BCUT2D eigenvalue weighted by atomic mass is 9.91. The van der Waals surface area contributed by atoms with Crippen molar-refractivity contribution < 1.29 is 0 Å². The summed E-state index contributed by atoms with van der Waals surface area (Å²) in [6.07, 6.45) is 6.13. The fraction of sp³-hybridized carbons (Fsp3) is 0.280. The highest BCUT2D eigenvalue weighted by Gasteiger charge is 2.20. The topological polar surface area (TPSA) is 79.6 Å². The lowest BCUT2D eigenvalue weighted by Crippen LogP contribution is -2.26. The van der Waals surface area contributed by atoms with E-state index in [2.05, 4.69) is 45.6 Å². The third kappa shape index (κ3) is 3.86. The molecule has 0 amide bonds. The SMILES string of the molecule is NCc1ccc(CNC2CCCc3cccnc32)cc1Cc1nc2ccccc2[nH]1. The van der Waals surface area contributed by atoms with Crippen molar-refractivity contribution >= 4 is 11.0 Å². The monoisotopic (exact) mass is 397 g/mol. The molecule has 2 aromatic heterocycles. The zero-order valence-electron chi connectivity index (χ0n) is 17.1. The van der Waals surface area contributed by atoms with Crippen molar-refractivity contribution in [3.05, 3.63) is 94.6 Å². The van der Waals surface area contributed by atoms with Crippen LogP contribution < -0.4 is 11.1 Å². The second kappa shape index (κ2) is 8.38. The summed E-state index contributed by atoms with van der Waals surface area (Å²) in [4.78, 5) is 12.8. The van der Waals surface area contributed by atoms with E-state index in [0.717, 1.165) is 42.7 Å². The van der Waals surface area contributed by atoms with Gasteiger partial charge in [0.25, 0.3) is 0 Å². The first-order valence-electron chi connectivity index (χ1n) is 10.7. The lowest BCUT2D eigenvalue weighted by molar-refractivity contribution is 0.447. The highest BCUT2D eigenvalue weighted by Crippen LogP contribution is 2.28. The van der Waals surface area contributed by atoms with E-state index in [4.69, 9.17) is 10.7 Å². The summed E-state index contributed by atoms with van der Waals surface area (Å²) in [6, 6.07) is 19.3. The highest BCUT2D eigenvalue weighted by atomic mass is 14.9. The minimum atomic E-state index is 0.322. The standard InChI is InChI=1S/C25H27N5/c26-15-19-11-10-17(16-28-23-9-3-5-18-6-4-12-27-25(18)23)13-20(19)14-24-29-21-7-1-2-8-22(21)30-24/h1-2,4,6-8,10-13,23,28H,3,5,9,14-16,26H2,(H,29,30). The van der Waals surface area contributed by atoms with Gasteiger partial charge in [-0.1, -0.05) is 36.4 Å². The Morgan fingerprint density at radius 1 is 1.07 bits per heavy atom. The summed E-state index contributed by atoms with van der Waals surface area (Å²) < 4.78 is 0. The molecule has 0 spiro atoms. The molecule has 30 heavy (non-hydrogen) atoms. The van der Waals surface area contributed by atoms with Crippen molar-refractivity contribution in [1.82, 2.24) is 20.3 Å². The predicted molar refractivity (Wildman–Crippen MR) is 120 cm³/mol. The molecule has 0 radical (unpaired) electrons. The number of para-hydroxylation sites is 2. The number of nitrogens with zero attached hydrogens (tertiary/aromatic N) is 2. The van der Waals surface area contributed by atoms with Crippen LogP contribution in [0.5, 0.6) is 0 Å². The zero-order chi connectivity index (χ0) is 20.3. The van der Waals surface area contributed by atoms with E-state index < -0.39 is 0 Å². The maximum Gasteiger partial charge on any atom is 0.111 e. The summed E-state index contributed by atoms with van der Waals surface area (Å²) in [7, 11) is 0. The number of pyridine rings is 1. The van der Waals surface area contributed by atoms with Crippen molar-refractivity contribution in [2.24, 2.45) is 5.73 Å². The van der Waals surface area contributed by atoms with Crippen molar-refractivity contribution in [1.29, 1.82) is 0 Å². The largest absolute Gasteiger partial charge is 0.342 e. The molecular weight excluding hydrogens is 370 g/mol. The fourth-order valence-electron chi connectivity index (χ4n) is 4.47. The van der Waals surface area contributed by atoms with E-state index in [1.165, 1.54) is 34.4 Å². The highest BCUT2D eigenvalue weighted by molar-refractivity contribution is 5.74. The Bertz CT molecular complexity index is 1130. The number of benzene rings is 2. The molecule has 0 saturated heterocycles. The van der Waals surface area contributed by atoms with Crippen LogP contribution in [-0.4, -0.2) is 15.0 Å². The van der Waals surface area contributed by atoms with E-state index in [1.807, 2.05) is 30.5 Å². The summed E-state index contributed by atoms with van der Waals surface area (Å²) in [5.41, 5.74) is 14.4. The molecule has 1 aliphatic carbocycles. The van der Waals surface area contributed by atoms with Gasteiger partial charge in [0.1, 0.15) is 5.82 Å². The van der Waals surface area contributed by atoms with Crippen molar-refractivity contribution in [2.45, 2.75) is 44.8 Å². The molecular formula is C25H27N5. The summed E-state index contributed by atoms with van der Waals surface area (Å²) >= 11 is 0. The van der Waals surface area contributed by atoms with Crippen molar-refractivity contribution in [3.8, 4) is 0 Å². The Morgan fingerprint density at radius 2 is 2.00 bits per heavy atom. The first-order valence-corrected chi connectivity index (χ1v) is 10.7. The van der Waals surface area contributed by atoms with Gasteiger partial charge in [-0.2, -0.15) is 0 Å². The van der Waals surface area contributed by atoms with Gasteiger partial charge in [-0.15, -0.1) is 0 Å². The second-order valence-electron chi connectivity index (χ2n) is 8.06. The van der Waals surface area contributed by atoms with Gasteiger partial charge >= 0.3 is 0 Å². The van der Waals surface area contributed by atoms with Gasteiger partial charge in [-0.25, -0.2) is 4.98 Å². The summed E-state index contributed by atoms with van der Waals surface area (Å²) in [5, 5.41) is 3.73. The molecule has 2 heterocycles. The number of nitrogens with two attached hydrogens (primary N) is 1. The summed E-state index contributed by atoms with van der Waals surface area (Å²) in [6.45, 7) is 1.35. The maximum atomic E-state index is 6.02. The molecule has 5 nitrogen and oxygen atoms in total. The molecule has 0 aliphatic heterocycles. The van der Waals surface area contributed by atoms with Crippen LogP contribution in [-0.2, 0) is 25.9 Å². The Labute approximate surface area is 176 Å². The number of aromatic amines is 1. The number of rotatable bonds is 6. The van der Waals surface area contributed by atoms with E-state index in [9.17, 15) is 0 Å². The first kappa shape index (κ1) is 19.0. The normalized spacial score (nSPS) is 16.0. The molecule has 1 atom stereocenters. The summed E-state index contributed by atoms with van der Waals surface area (Å²) in [5.74, 6) is 0.974. The average Bonchev–Trinajstić information content (AvgIpc) is 3.20. The molecule has 4 N–H and O–H groups in total. The molecule has 1 unspecified atom stereocenters. The van der Waals surface area contributed by atoms with E-state index in [1.54, 1.807) is 0 Å². The van der Waals surface area contributed by atoms with Crippen molar-refractivity contribution in [2.75, 3.05) is 0 Å². The van der Waals surface area contributed by atoms with Crippen LogP contribution in [0.1, 0.15) is 52.7 Å². The Balaban J connectivity index is 1.34. The molecule has 5 heteroatoms. The van der Waals surface area contributed by atoms with E-state index in [0.29, 0.717) is 12.6 Å². The lowest BCUT2D eigenvalue weighted by Gasteiger charge is -2.25. The van der Waals surface area contributed by atoms with Crippen LogP contribution in [0.4, 0.5) is 0 Å². The molecule has 152 valence electrons. The van der Waals surface area contributed by atoms with E-state index in [-0.39, 0.29) is 0 Å². The van der Waals surface area contributed by atoms with Gasteiger partial charge in [0, 0.05) is 25.7 Å².